The second-order valence-electron chi connectivity index (χ2n) is 6.04. The molecule has 4 rings (SSSR count). The van der Waals surface area contributed by atoms with E-state index in [0.717, 1.165) is 38.0 Å². The first-order valence-corrected chi connectivity index (χ1v) is 9.05. The molecule has 3 aliphatic rings. The van der Waals surface area contributed by atoms with E-state index in [1.54, 1.807) is 18.2 Å². The molecule has 3 aliphatic heterocycles. The third-order valence-electron chi connectivity index (χ3n) is 4.55. The third-order valence-corrected chi connectivity index (χ3v) is 6.04. The SMILES string of the molecule is CNCc1cccc(S(=O)(=O)NC2CN3CCC2CC3)c1. The molecule has 0 spiro atoms. The Hall–Kier alpha value is -0.950. The highest BCUT2D eigenvalue weighted by molar-refractivity contribution is 7.89. The lowest BCUT2D eigenvalue weighted by Gasteiger charge is -2.44. The van der Waals surface area contributed by atoms with Crippen LogP contribution in [0.1, 0.15) is 18.4 Å². The van der Waals surface area contributed by atoms with Gasteiger partial charge in [-0.05, 0) is 56.6 Å². The Morgan fingerprint density at radius 2 is 2.05 bits per heavy atom. The van der Waals surface area contributed by atoms with Crippen LogP contribution in [0.3, 0.4) is 0 Å². The molecule has 1 aromatic carbocycles. The van der Waals surface area contributed by atoms with Crippen LogP contribution in [0.5, 0.6) is 0 Å². The van der Waals surface area contributed by atoms with Gasteiger partial charge in [0.2, 0.25) is 10.0 Å². The maximum Gasteiger partial charge on any atom is 0.240 e. The van der Waals surface area contributed by atoms with Crippen molar-refractivity contribution in [2.45, 2.75) is 30.3 Å². The van der Waals surface area contributed by atoms with E-state index in [1.165, 1.54) is 0 Å². The molecule has 3 fully saturated rings. The van der Waals surface area contributed by atoms with Crippen LogP contribution in [0.4, 0.5) is 0 Å². The van der Waals surface area contributed by atoms with Gasteiger partial charge in [-0.1, -0.05) is 12.1 Å². The zero-order valence-corrected chi connectivity index (χ0v) is 13.2. The fourth-order valence-electron chi connectivity index (χ4n) is 3.39. The van der Waals surface area contributed by atoms with Gasteiger partial charge in [-0.2, -0.15) is 0 Å². The minimum atomic E-state index is -3.43. The molecule has 1 atom stereocenters. The zero-order valence-electron chi connectivity index (χ0n) is 12.4. The van der Waals surface area contributed by atoms with Gasteiger partial charge in [0.25, 0.3) is 0 Å². The molecule has 0 radical (unpaired) electrons. The molecular formula is C15H23N3O2S. The summed E-state index contributed by atoms with van der Waals surface area (Å²) in [5.41, 5.74) is 0.981. The van der Waals surface area contributed by atoms with Crippen molar-refractivity contribution < 1.29 is 8.42 Å². The first-order valence-electron chi connectivity index (χ1n) is 7.57. The van der Waals surface area contributed by atoms with E-state index in [2.05, 4.69) is 14.9 Å². The Labute approximate surface area is 126 Å². The second kappa shape index (κ2) is 6.04. The van der Waals surface area contributed by atoms with Crippen molar-refractivity contribution in [3.63, 3.8) is 0 Å². The van der Waals surface area contributed by atoms with E-state index < -0.39 is 10.0 Å². The summed E-state index contributed by atoms with van der Waals surface area (Å²) in [4.78, 5) is 2.72. The molecule has 21 heavy (non-hydrogen) atoms. The van der Waals surface area contributed by atoms with Gasteiger partial charge in [-0.15, -0.1) is 0 Å². The summed E-state index contributed by atoms with van der Waals surface area (Å²) in [6.45, 7) is 3.74. The lowest BCUT2D eigenvalue weighted by molar-refractivity contribution is 0.0827. The minimum Gasteiger partial charge on any atom is -0.316 e. The summed E-state index contributed by atoms with van der Waals surface area (Å²) in [5, 5.41) is 3.04. The number of fused-ring (bicyclic) bond motifs is 3. The molecule has 116 valence electrons. The monoisotopic (exact) mass is 309 g/mol. The molecule has 5 nitrogen and oxygen atoms in total. The van der Waals surface area contributed by atoms with Crippen molar-refractivity contribution in [3.8, 4) is 0 Å². The molecule has 0 aliphatic carbocycles. The maximum absolute atomic E-state index is 12.6. The van der Waals surface area contributed by atoms with E-state index in [4.69, 9.17) is 0 Å². The van der Waals surface area contributed by atoms with Crippen LogP contribution < -0.4 is 10.0 Å². The fourth-order valence-corrected chi connectivity index (χ4v) is 4.76. The second-order valence-corrected chi connectivity index (χ2v) is 7.76. The number of sulfonamides is 1. The zero-order chi connectivity index (χ0) is 14.9. The summed E-state index contributed by atoms with van der Waals surface area (Å²) >= 11 is 0. The van der Waals surface area contributed by atoms with E-state index in [-0.39, 0.29) is 6.04 Å². The highest BCUT2D eigenvalue weighted by atomic mass is 32.2. The average molecular weight is 309 g/mol. The molecule has 0 aromatic heterocycles. The number of rotatable bonds is 5. The Bertz CT molecular complexity index is 595. The maximum atomic E-state index is 12.6. The van der Waals surface area contributed by atoms with Crippen LogP contribution >= 0.6 is 0 Å². The molecule has 2 N–H and O–H groups in total. The number of piperidine rings is 3. The fraction of sp³-hybridized carbons (Fsp3) is 0.600. The average Bonchev–Trinajstić information content (AvgIpc) is 2.49. The molecule has 6 heteroatoms. The quantitative estimate of drug-likeness (QED) is 0.844. The van der Waals surface area contributed by atoms with Gasteiger partial charge in [0.15, 0.2) is 0 Å². The van der Waals surface area contributed by atoms with E-state index >= 15 is 0 Å². The van der Waals surface area contributed by atoms with Gasteiger partial charge in [0.1, 0.15) is 0 Å². The van der Waals surface area contributed by atoms with Crippen LogP contribution in [0.15, 0.2) is 29.2 Å². The number of benzene rings is 1. The van der Waals surface area contributed by atoms with E-state index in [9.17, 15) is 8.42 Å². The first-order chi connectivity index (χ1) is 10.1. The summed E-state index contributed by atoms with van der Waals surface area (Å²) in [6.07, 6.45) is 2.21. The van der Waals surface area contributed by atoms with Gasteiger partial charge < -0.3 is 10.2 Å². The predicted molar refractivity (Wildman–Crippen MR) is 82.5 cm³/mol. The van der Waals surface area contributed by atoms with Crippen molar-refractivity contribution in [1.82, 2.24) is 14.9 Å². The van der Waals surface area contributed by atoms with Crippen molar-refractivity contribution in [3.05, 3.63) is 29.8 Å². The molecule has 0 saturated carbocycles. The van der Waals surface area contributed by atoms with Gasteiger partial charge in [-0.25, -0.2) is 13.1 Å². The van der Waals surface area contributed by atoms with E-state index in [0.29, 0.717) is 17.4 Å². The molecule has 1 unspecified atom stereocenters. The Morgan fingerprint density at radius 3 is 2.67 bits per heavy atom. The van der Waals surface area contributed by atoms with Crippen LogP contribution in [0.25, 0.3) is 0 Å². The number of hydrogen-bond acceptors (Lipinski definition) is 4. The summed E-state index contributed by atoms with van der Waals surface area (Å²) in [7, 11) is -1.57. The summed E-state index contributed by atoms with van der Waals surface area (Å²) in [5.74, 6) is 0.491. The molecule has 0 amide bonds. The lowest BCUT2D eigenvalue weighted by Crippen LogP contribution is -2.57. The number of nitrogens with one attached hydrogen (secondary N) is 2. The molecule has 2 bridgehead atoms. The molecule has 1 aromatic rings. The summed E-state index contributed by atoms with van der Waals surface area (Å²) < 4.78 is 28.1. The van der Waals surface area contributed by atoms with Crippen molar-refractivity contribution in [2.75, 3.05) is 26.7 Å². The van der Waals surface area contributed by atoms with Crippen molar-refractivity contribution in [2.24, 2.45) is 5.92 Å². The lowest BCUT2D eigenvalue weighted by atomic mass is 9.85. The van der Waals surface area contributed by atoms with Gasteiger partial charge >= 0.3 is 0 Å². The highest BCUT2D eigenvalue weighted by Gasteiger charge is 2.36. The first kappa shape index (κ1) is 15.0. The van der Waals surface area contributed by atoms with Crippen LogP contribution in [0, 0.1) is 5.92 Å². The predicted octanol–water partition coefficient (Wildman–Crippen LogP) is 0.779. The number of hydrogen-bond donors (Lipinski definition) is 2. The van der Waals surface area contributed by atoms with E-state index in [1.807, 2.05) is 13.1 Å². The van der Waals surface area contributed by atoms with Crippen LogP contribution in [-0.2, 0) is 16.6 Å². The van der Waals surface area contributed by atoms with Gasteiger partial charge in [-0.3, -0.25) is 0 Å². The van der Waals surface area contributed by atoms with Crippen molar-refractivity contribution in [1.29, 1.82) is 0 Å². The molecule has 3 heterocycles. The van der Waals surface area contributed by atoms with Gasteiger partial charge in [0.05, 0.1) is 4.90 Å². The third kappa shape index (κ3) is 3.29. The Balaban J connectivity index is 1.76. The largest absolute Gasteiger partial charge is 0.316 e. The smallest absolute Gasteiger partial charge is 0.240 e. The van der Waals surface area contributed by atoms with Crippen LogP contribution in [-0.4, -0.2) is 46.0 Å². The summed E-state index contributed by atoms with van der Waals surface area (Å²) in [6, 6.07) is 7.22. The molecular weight excluding hydrogens is 286 g/mol. The minimum absolute atomic E-state index is 0.0606. The Morgan fingerprint density at radius 1 is 1.29 bits per heavy atom. The van der Waals surface area contributed by atoms with Gasteiger partial charge in [0, 0.05) is 19.1 Å². The standard InChI is InChI=1S/C15H23N3O2S/c1-16-10-12-3-2-4-14(9-12)21(19,20)17-15-11-18-7-5-13(15)6-8-18/h2-4,9,13,15-17H,5-8,10-11H2,1H3. The topological polar surface area (TPSA) is 61.4 Å². The molecule has 3 saturated heterocycles. The number of nitrogens with zero attached hydrogens (tertiary/aromatic N) is 1. The van der Waals surface area contributed by atoms with Crippen LogP contribution in [0.2, 0.25) is 0 Å². The normalized spacial score (nSPS) is 28.7. The highest BCUT2D eigenvalue weighted by Crippen LogP contribution is 2.28. The Kier molecular flexibility index (Phi) is 4.31. The van der Waals surface area contributed by atoms with Crippen molar-refractivity contribution >= 4 is 10.0 Å².